The number of rotatable bonds is 6. The van der Waals surface area contributed by atoms with E-state index in [1.165, 1.54) is 11.3 Å². The maximum absolute atomic E-state index is 5.51. The highest BCUT2D eigenvalue weighted by Gasteiger charge is 2.11. The molecule has 6 heteroatoms. The molecule has 5 nitrogen and oxygen atoms in total. The molecule has 2 aromatic rings. The maximum atomic E-state index is 5.51. The van der Waals surface area contributed by atoms with Crippen molar-refractivity contribution in [3.63, 3.8) is 0 Å². The molecule has 92 valence electrons. The Hall–Kier alpha value is -1.27. The maximum Gasteiger partial charge on any atom is 0.226 e. The van der Waals surface area contributed by atoms with Crippen molar-refractivity contribution in [1.29, 1.82) is 0 Å². The van der Waals surface area contributed by atoms with Gasteiger partial charge in [0.1, 0.15) is 0 Å². The Morgan fingerprint density at radius 2 is 2.35 bits per heavy atom. The first-order chi connectivity index (χ1) is 8.29. The highest BCUT2D eigenvalue weighted by molar-refractivity contribution is 7.13. The zero-order valence-corrected chi connectivity index (χ0v) is 10.6. The highest BCUT2D eigenvalue weighted by Crippen LogP contribution is 2.20. The van der Waals surface area contributed by atoms with Crippen LogP contribution in [0.1, 0.15) is 25.7 Å². The fraction of sp³-hybridized carbons (Fsp3) is 0.545. The molecular formula is C11H16N4OS. The Bertz CT molecular complexity index is 440. The molecule has 0 radical (unpaired) electrons. The van der Waals surface area contributed by atoms with Crippen LogP contribution in [0.15, 0.2) is 16.2 Å². The van der Waals surface area contributed by atoms with Gasteiger partial charge in [-0.15, -0.1) is 11.3 Å². The zero-order chi connectivity index (χ0) is 12.1. The van der Waals surface area contributed by atoms with Crippen molar-refractivity contribution < 1.29 is 4.52 Å². The van der Waals surface area contributed by atoms with Crippen LogP contribution < -0.4 is 5.73 Å². The third-order valence-corrected chi connectivity index (χ3v) is 3.40. The summed E-state index contributed by atoms with van der Waals surface area (Å²) in [6, 6.07) is 0. The molecular weight excluding hydrogens is 236 g/mol. The summed E-state index contributed by atoms with van der Waals surface area (Å²) in [4.78, 5) is 9.28. The van der Waals surface area contributed by atoms with Gasteiger partial charge in [0.25, 0.3) is 0 Å². The molecule has 0 bridgehead atoms. The second-order valence-corrected chi connectivity index (χ2v) is 4.98. The van der Waals surface area contributed by atoms with E-state index in [4.69, 9.17) is 10.3 Å². The molecule has 0 aliphatic heterocycles. The Balaban J connectivity index is 1.91. The van der Waals surface area contributed by atoms with E-state index in [2.05, 4.69) is 22.0 Å². The van der Waals surface area contributed by atoms with E-state index in [0.29, 0.717) is 17.6 Å². The molecule has 0 fully saturated rings. The average molecular weight is 252 g/mol. The van der Waals surface area contributed by atoms with Gasteiger partial charge in [0, 0.05) is 12.6 Å². The molecule has 2 N–H and O–H groups in total. The molecule has 2 aromatic heterocycles. The van der Waals surface area contributed by atoms with Gasteiger partial charge in [0.2, 0.25) is 11.7 Å². The average Bonchev–Trinajstić information content (AvgIpc) is 2.97. The topological polar surface area (TPSA) is 77.8 Å². The molecule has 1 atom stereocenters. The van der Waals surface area contributed by atoms with E-state index >= 15 is 0 Å². The van der Waals surface area contributed by atoms with Crippen molar-refractivity contribution in [3.8, 4) is 10.7 Å². The van der Waals surface area contributed by atoms with Crippen LogP contribution in [0.4, 0.5) is 0 Å². The number of aryl methyl sites for hydroxylation is 1. The van der Waals surface area contributed by atoms with Crippen molar-refractivity contribution >= 4 is 11.3 Å². The molecule has 2 rings (SSSR count). The van der Waals surface area contributed by atoms with Crippen LogP contribution in [0.3, 0.4) is 0 Å². The Morgan fingerprint density at radius 1 is 1.47 bits per heavy atom. The van der Waals surface area contributed by atoms with Gasteiger partial charge in [-0.1, -0.05) is 12.1 Å². The van der Waals surface area contributed by atoms with E-state index in [1.54, 1.807) is 11.7 Å². The summed E-state index contributed by atoms with van der Waals surface area (Å²) in [6.07, 6.45) is 4.63. The molecule has 0 spiro atoms. The van der Waals surface area contributed by atoms with Crippen LogP contribution in [0.5, 0.6) is 0 Å². The van der Waals surface area contributed by atoms with E-state index in [-0.39, 0.29) is 0 Å². The summed E-state index contributed by atoms with van der Waals surface area (Å²) in [7, 11) is 0. The quantitative estimate of drug-likeness (QED) is 0.852. The number of thiazole rings is 1. The normalized spacial score (nSPS) is 12.8. The van der Waals surface area contributed by atoms with Crippen molar-refractivity contribution in [1.82, 2.24) is 15.1 Å². The van der Waals surface area contributed by atoms with Crippen LogP contribution in [0.2, 0.25) is 0 Å². The molecule has 17 heavy (non-hydrogen) atoms. The molecule has 0 amide bonds. The molecule has 0 saturated carbocycles. The number of aromatic nitrogens is 3. The standard InChI is InChI=1S/C11H16N4OS/c1-8(4-5-12)2-3-10-14-11(15-16-10)9-6-13-7-17-9/h6-8H,2-5,12H2,1H3. The number of nitrogens with two attached hydrogens (primary N) is 1. The smallest absolute Gasteiger partial charge is 0.226 e. The fourth-order valence-corrected chi connectivity index (χ4v) is 2.13. The Morgan fingerprint density at radius 3 is 3.06 bits per heavy atom. The fourth-order valence-electron chi connectivity index (χ4n) is 1.58. The second kappa shape index (κ2) is 5.88. The van der Waals surface area contributed by atoms with Gasteiger partial charge in [0.05, 0.1) is 10.4 Å². The van der Waals surface area contributed by atoms with Gasteiger partial charge in [0.15, 0.2) is 0 Å². The minimum absolute atomic E-state index is 0.596. The summed E-state index contributed by atoms with van der Waals surface area (Å²) in [5.74, 6) is 1.92. The SMILES string of the molecule is CC(CCN)CCc1nc(-c2cncs2)no1. The summed E-state index contributed by atoms with van der Waals surface area (Å²) in [6.45, 7) is 2.92. The van der Waals surface area contributed by atoms with E-state index in [9.17, 15) is 0 Å². The Labute approximate surface area is 104 Å². The van der Waals surface area contributed by atoms with Crippen molar-refractivity contribution in [2.24, 2.45) is 11.7 Å². The van der Waals surface area contributed by atoms with Crippen molar-refractivity contribution in [3.05, 3.63) is 17.6 Å². The lowest BCUT2D eigenvalue weighted by Crippen LogP contribution is -2.06. The van der Waals surface area contributed by atoms with Gasteiger partial charge in [-0.05, 0) is 25.3 Å². The summed E-state index contributed by atoms with van der Waals surface area (Å²) in [5, 5.41) is 3.94. The number of hydrogen-bond donors (Lipinski definition) is 1. The highest BCUT2D eigenvalue weighted by atomic mass is 32.1. The summed E-state index contributed by atoms with van der Waals surface area (Å²) >= 11 is 1.51. The van der Waals surface area contributed by atoms with E-state index in [0.717, 1.165) is 30.7 Å². The largest absolute Gasteiger partial charge is 0.339 e. The van der Waals surface area contributed by atoms with Crippen LogP contribution in [-0.4, -0.2) is 21.7 Å². The molecule has 2 heterocycles. The second-order valence-electron chi connectivity index (χ2n) is 4.10. The summed E-state index contributed by atoms with van der Waals surface area (Å²) in [5.41, 5.74) is 7.27. The molecule has 0 aromatic carbocycles. The van der Waals surface area contributed by atoms with E-state index in [1.807, 2.05) is 0 Å². The van der Waals surface area contributed by atoms with Crippen molar-refractivity contribution in [2.75, 3.05) is 6.54 Å². The predicted molar refractivity (Wildman–Crippen MR) is 66.6 cm³/mol. The monoisotopic (exact) mass is 252 g/mol. The van der Waals surface area contributed by atoms with Crippen LogP contribution in [-0.2, 0) is 6.42 Å². The van der Waals surface area contributed by atoms with Crippen LogP contribution >= 0.6 is 11.3 Å². The minimum Gasteiger partial charge on any atom is -0.339 e. The molecule has 1 unspecified atom stereocenters. The zero-order valence-electron chi connectivity index (χ0n) is 9.80. The van der Waals surface area contributed by atoms with Gasteiger partial charge < -0.3 is 10.3 Å². The minimum atomic E-state index is 0.596. The number of nitrogens with zero attached hydrogens (tertiary/aromatic N) is 3. The van der Waals surface area contributed by atoms with Gasteiger partial charge >= 0.3 is 0 Å². The van der Waals surface area contributed by atoms with Gasteiger partial charge in [-0.25, -0.2) is 0 Å². The van der Waals surface area contributed by atoms with Gasteiger partial charge in [-0.2, -0.15) is 4.98 Å². The Kier molecular flexibility index (Phi) is 4.22. The lowest BCUT2D eigenvalue weighted by Gasteiger charge is -2.06. The van der Waals surface area contributed by atoms with Gasteiger partial charge in [-0.3, -0.25) is 4.98 Å². The number of hydrogen-bond acceptors (Lipinski definition) is 6. The van der Waals surface area contributed by atoms with Crippen LogP contribution in [0.25, 0.3) is 10.7 Å². The van der Waals surface area contributed by atoms with Crippen molar-refractivity contribution in [2.45, 2.75) is 26.2 Å². The first-order valence-corrected chi connectivity index (χ1v) is 6.59. The predicted octanol–water partition coefficient (Wildman–Crippen LogP) is 2.11. The molecule has 0 saturated heterocycles. The summed E-state index contributed by atoms with van der Waals surface area (Å²) < 4.78 is 5.20. The molecule has 0 aliphatic carbocycles. The first kappa shape index (κ1) is 12.2. The molecule has 0 aliphatic rings. The lowest BCUT2D eigenvalue weighted by atomic mass is 10.0. The van der Waals surface area contributed by atoms with Crippen LogP contribution in [0, 0.1) is 5.92 Å². The lowest BCUT2D eigenvalue weighted by molar-refractivity contribution is 0.362. The third-order valence-electron chi connectivity index (χ3n) is 2.63. The third kappa shape index (κ3) is 3.34. The van der Waals surface area contributed by atoms with E-state index < -0.39 is 0 Å². The first-order valence-electron chi connectivity index (χ1n) is 5.71.